The fourth-order valence-corrected chi connectivity index (χ4v) is 5.48. The number of rotatable bonds is 6. The van der Waals surface area contributed by atoms with Crippen LogP contribution in [0.1, 0.15) is 25.3 Å². The smallest absolute Gasteiger partial charge is 0.176 e. The molecule has 1 fully saturated rings. The summed E-state index contributed by atoms with van der Waals surface area (Å²) in [5, 5.41) is 7.51. The lowest BCUT2D eigenvalue weighted by molar-refractivity contribution is -0.111. The number of fused-ring (bicyclic) bond motifs is 3. The summed E-state index contributed by atoms with van der Waals surface area (Å²) >= 11 is 6.31. The minimum Gasteiger partial charge on any atom is -0.489 e. The van der Waals surface area contributed by atoms with Gasteiger partial charge in [-0.15, -0.1) is 0 Å². The molecular weight excluding hydrogens is 426 g/mol. The fraction of sp³-hybridized carbons (Fsp3) is 0.440. The summed E-state index contributed by atoms with van der Waals surface area (Å²) in [5.74, 6) is 0.743. The van der Waals surface area contributed by atoms with Gasteiger partial charge in [-0.3, -0.25) is 14.7 Å². The van der Waals surface area contributed by atoms with E-state index < -0.39 is 5.41 Å². The van der Waals surface area contributed by atoms with Crippen molar-refractivity contribution in [2.75, 3.05) is 44.5 Å². The molecule has 1 saturated heterocycles. The van der Waals surface area contributed by atoms with Crippen molar-refractivity contribution >= 4 is 28.8 Å². The average Bonchev–Trinajstić information content (AvgIpc) is 3.16. The second-order valence-electron chi connectivity index (χ2n) is 8.68. The van der Waals surface area contributed by atoms with E-state index in [1.54, 1.807) is 6.92 Å². The summed E-state index contributed by atoms with van der Waals surface area (Å²) in [7, 11) is 0. The van der Waals surface area contributed by atoms with Crippen molar-refractivity contribution in [1.82, 2.24) is 4.90 Å². The predicted octanol–water partition coefficient (Wildman–Crippen LogP) is 3.92. The van der Waals surface area contributed by atoms with Gasteiger partial charge in [-0.1, -0.05) is 41.9 Å². The third-order valence-electron chi connectivity index (χ3n) is 6.83. The summed E-state index contributed by atoms with van der Waals surface area (Å²) in [6, 6.07) is 15.8. The van der Waals surface area contributed by atoms with Crippen LogP contribution >= 0.6 is 11.6 Å². The second-order valence-corrected chi connectivity index (χ2v) is 9.12. The minimum atomic E-state index is -0.542. The highest BCUT2D eigenvalue weighted by atomic mass is 35.5. The molecule has 5 rings (SSSR count). The minimum absolute atomic E-state index is 0.00166. The molecule has 168 valence electrons. The van der Waals surface area contributed by atoms with Gasteiger partial charge >= 0.3 is 0 Å². The standard InChI is InChI=1S/C25H28ClN3O3/c1-18(30)24-25(19-6-3-2-4-7-19,10-5-11-28-12-14-31-15-13-28)23-17-32-22-9-8-20(26)16-21(22)29(23)27-24/h2-4,6-9,16,23H,5,10-15,17H2,1H3/t23-,25+/m0/s1. The molecule has 0 unspecified atom stereocenters. The maximum atomic E-state index is 13.0. The van der Waals surface area contributed by atoms with Crippen LogP contribution in [0.2, 0.25) is 5.02 Å². The van der Waals surface area contributed by atoms with Crippen molar-refractivity contribution in [2.45, 2.75) is 31.2 Å². The summed E-state index contributed by atoms with van der Waals surface area (Å²) in [6.07, 6.45) is 1.77. The molecule has 3 aliphatic rings. The highest BCUT2D eigenvalue weighted by molar-refractivity contribution is 6.43. The van der Waals surface area contributed by atoms with Crippen LogP contribution in [0.15, 0.2) is 53.6 Å². The number of anilines is 1. The molecular formula is C25H28ClN3O3. The zero-order valence-electron chi connectivity index (χ0n) is 18.3. The van der Waals surface area contributed by atoms with Crippen LogP contribution in [-0.4, -0.2) is 61.9 Å². The number of hydrazone groups is 1. The van der Waals surface area contributed by atoms with Crippen LogP contribution in [0, 0.1) is 0 Å². The average molecular weight is 454 g/mol. The molecule has 0 aliphatic carbocycles. The molecule has 3 heterocycles. The quantitative estimate of drug-likeness (QED) is 0.663. The van der Waals surface area contributed by atoms with Gasteiger partial charge in [0.15, 0.2) is 5.78 Å². The first-order valence-electron chi connectivity index (χ1n) is 11.3. The lowest BCUT2D eigenvalue weighted by atomic mass is 9.67. The van der Waals surface area contributed by atoms with Crippen LogP contribution in [0.3, 0.4) is 0 Å². The zero-order chi connectivity index (χ0) is 22.1. The van der Waals surface area contributed by atoms with Gasteiger partial charge in [-0.25, -0.2) is 0 Å². The number of ether oxygens (including phenoxy) is 2. The van der Waals surface area contributed by atoms with Gasteiger partial charge in [0.05, 0.1) is 18.6 Å². The van der Waals surface area contributed by atoms with Crippen LogP contribution in [-0.2, 0) is 14.9 Å². The largest absolute Gasteiger partial charge is 0.489 e. The van der Waals surface area contributed by atoms with Crippen LogP contribution in [0.5, 0.6) is 5.75 Å². The van der Waals surface area contributed by atoms with E-state index in [1.807, 2.05) is 41.4 Å². The first kappa shape index (κ1) is 21.4. The Morgan fingerprint density at radius 1 is 1.19 bits per heavy atom. The molecule has 0 bridgehead atoms. The highest BCUT2D eigenvalue weighted by Gasteiger charge is 2.55. The Morgan fingerprint density at radius 2 is 1.97 bits per heavy atom. The molecule has 0 saturated carbocycles. The Labute approximate surface area is 193 Å². The number of hydrogen-bond acceptors (Lipinski definition) is 6. The lowest BCUT2D eigenvalue weighted by Crippen LogP contribution is -2.54. The Bertz CT molecular complexity index is 1020. The van der Waals surface area contributed by atoms with E-state index >= 15 is 0 Å². The van der Waals surface area contributed by atoms with Gasteiger partial charge in [0.25, 0.3) is 0 Å². The molecule has 2 aromatic carbocycles. The SMILES string of the molecule is CC(=O)C1=NN2c3cc(Cl)ccc3OC[C@H]2[C@@]1(CCCN1CCOCC1)c1ccccc1. The van der Waals surface area contributed by atoms with Crippen LogP contribution < -0.4 is 9.75 Å². The monoisotopic (exact) mass is 453 g/mol. The predicted molar refractivity (Wildman–Crippen MR) is 126 cm³/mol. The van der Waals surface area contributed by atoms with Gasteiger partial charge in [0.2, 0.25) is 0 Å². The molecule has 0 aromatic heterocycles. The molecule has 0 spiro atoms. The molecule has 0 radical (unpaired) electrons. The molecule has 6 nitrogen and oxygen atoms in total. The summed E-state index contributed by atoms with van der Waals surface area (Å²) in [4.78, 5) is 15.4. The second kappa shape index (κ2) is 8.85. The molecule has 0 N–H and O–H groups in total. The Balaban J connectivity index is 1.54. The lowest BCUT2D eigenvalue weighted by Gasteiger charge is -2.42. The summed E-state index contributed by atoms with van der Waals surface area (Å²) in [6.45, 7) is 6.53. The molecule has 2 atom stereocenters. The molecule has 3 aliphatic heterocycles. The van der Waals surface area contributed by atoms with E-state index in [1.165, 1.54) is 0 Å². The number of carbonyl (C=O) groups is 1. The van der Waals surface area contributed by atoms with Crippen LogP contribution in [0.4, 0.5) is 5.69 Å². The topological polar surface area (TPSA) is 54.4 Å². The Kier molecular flexibility index (Phi) is 5.93. The van der Waals surface area contributed by atoms with Crippen molar-refractivity contribution in [3.8, 4) is 5.75 Å². The molecule has 7 heteroatoms. The third kappa shape index (κ3) is 3.70. The van der Waals surface area contributed by atoms with Crippen molar-refractivity contribution < 1.29 is 14.3 Å². The number of morpholine rings is 1. The number of ketones is 1. The first-order valence-corrected chi connectivity index (χ1v) is 11.6. The first-order chi connectivity index (χ1) is 15.6. The van der Waals surface area contributed by atoms with Crippen molar-refractivity contribution in [3.05, 3.63) is 59.1 Å². The van der Waals surface area contributed by atoms with E-state index in [2.05, 4.69) is 17.0 Å². The highest BCUT2D eigenvalue weighted by Crippen LogP contribution is 2.49. The van der Waals surface area contributed by atoms with E-state index in [0.29, 0.717) is 17.3 Å². The van der Waals surface area contributed by atoms with E-state index in [9.17, 15) is 4.79 Å². The molecule has 0 amide bonds. The maximum Gasteiger partial charge on any atom is 0.176 e. The van der Waals surface area contributed by atoms with Crippen molar-refractivity contribution in [3.63, 3.8) is 0 Å². The number of hydrogen-bond donors (Lipinski definition) is 0. The molecule has 32 heavy (non-hydrogen) atoms. The normalized spacial score (nSPS) is 25.0. The summed E-state index contributed by atoms with van der Waals surface area (Å²) in [5.41, 5.74) is 1.99. The summed E-state index contributed by atoms with van der Waals surface area (Å²) < 4.78 is 11.7. The maximum absolute atomic E-state index is 13.0. The Morgan fingerprint density at radius 3 is 2.72 bits per heavy atom. The number of benzene rings is 2. The van der Waals surface area contributed by atoms with Gasteiger partial charge in [0.1, 0.15) is 29.8 Å². The fourth-order valence-electron chi connectivity index (χ4n) is 5.31. The Hall–Kier alpha value is -2.41. The van der Waals surface area contributed by atoms with E-state index in [-0.39, 0.29) is 11.8 Å². The van der Waals surface area contributed by atoms with E-state index in [4.69, 9.17) is 26.2 Å². The van der Waals surface area contributed by atoms with Gasteiger partial charge in [0, 0.05) is 25.0 Å². The third-order valence-corrected chi connectivity index (χ3v) is 7.07. The van der Waals surface area contributed by atoms with Gasteiger partial charge in [-0.2, -0.15) is 5.10 Å². The number of carbonyl (C=O) groups excluding carboxylic acids is 1. The van der Waals surface area contributed by atoms with Crippen LogP contribution in [0.25, 0.3) is 0 Å². The van der Waals surface area contributed by atoms with Gasteiger partial charge < -0.3 is 9.47 Å². The number of Topliss-reactive ketones (excluding diaryl/α,β-unsaturated/α-hetero) is 1. The molecule has 2 aromatic rings. The van der Waals surface area contributed by atoms with Crippen molar-refractivity contribution in [2.24, 2.45) is 5.10 Å². The van der Waals surface area contributed by atoms with E-state index in [0.717, 1.165) is 62.7 Å². The van der Waals surface area contributed by atoms with Gasteiger partial charge in [-0.05, 0) is 43.1 Å². The van der Waals surface area contributed by atoms with Crippen molar-refractivity contribution in [1.29, 1.82) is 0 Å². The zero-order valence-corrected chi connectivity index (χ0v) is 19.1. The number of nitrogens with zero attached hydrogens (tertiary/aromatic N) is 3. The number of halogens is 1.